The second-order valence-corrected chi connectivity index (χ2v) is 7.33. The zero-order chi connectivity index (χ0) is 19.2. The molecule has 0 radical (unpaired) electrons. The van der Waals surface area contributed by atoms with E-state index >= 15 is 0 Å². The van der Waals surface area contributed by atoms with Crippen molar-refractivity contribution >= 4 is 11.7 Å². The second kappa shape index (κ2) is 8.99. The molecule has 1 aliphatic heterocycles. The fraction of sp³-hybridized carbons (Fsp3) is 0.550. The number of piperidine rings is 1. The van der Waals surface area contributed by atoms with Crippen LogP contribution in [0.1, 0.15) is 41.9 Å². The minimum atomic E-state index is -0.0473. The lowest BCUT2D eigenvalue weighted by Crippen LogP contribution is -2.36. The van der Waals surface area contributed by atoms with E-state index < -0.39 is 0 Å². The molecule has 1 N–H and O–H groups in total. The third-order valence-electron chi connectivity index (χ3n) is 4.99. The number of rotatable bonds is 7. The molecule has 0 spiro atoms. The molecule has 7 nitrogen and oxygen atoms in total. The van der Waals surface area contributed by atoms with Gasteiger partial charge in [-0.15, -0.1) is 0 Å². The highest BCUT2D eigenvalue weighted by molar-refractivity contribution is 5.94. The van der Waals surface area contributed by atoms with Crippen molar-refractivity contribution in [2.75, 3.05) is 45.2 Å². The molecule has 1 fully saturated rings. The molecule has 1 aliphatic rings. The van der Waals surface area contributed by atoms with Gasteiger partial charge in [0.1, 0.15) is 11.6 Å². The van der Waals surface area contributed by atoms with Crippen molar-refractivity contribution < 1.29 is 4.79 Å². The summed E-state index contributed by atoms with van der Waals surface area (Å²) in [5, 5.41) is 2.85. The first kappa shape index (κ1) is 19.4. The van der Waals surface area contributed by atoms with Crippen molar-refractivity contribution in [1.82, 2.24) is 24.8 Å². The van der Waals surface area contributed by atoms with E-state index in [2.05, 4.69) is 49.9 Å². The summed E-state index contributed by atoms with van der Waals surface area (Å²) in [6, 6.07) is 3.66. The Kier molecular flexibility index (Phi) is 6.45. The number of hydrogen-bond donors (Lipinski definition) is 1. The largest absolute Gasteiger partial charge is 0.356 e. The van der Waals surface area contributed by atoms with E-state index in [9.17, 15) is 4.79 Å². The summed E-state index contributed by atoms with van der Waals surface area (Å²) in [7, 11) is 4.18. The standard InChI is InChI=1S/C20H30N6O/c1-4-21-20(27)16-7-8-22-18(14-16)26-10-5-6-17(15-26)19-23-9-11-25(19)13-12-24(2)3/h7-9,11,14,17H,4-6,10,12-13,15H2,1-3H3,(H,21,27). The topological polar surface area (TPSA) is 66.3 Å². The number of aromatic nitrogens is 3. The van der Waals surface area contributed by atoms with Crippen LogP contribution in [0.3, 0.4) is 0 Å². The number of nitrogens with zero attached hydrogens (tertiary/aromatic N) is 5. The maximum atomic E-state index is 12.1. The Hall–Kier alpha value is -2.41. The molecule has 0 bridgehead atoms. The molecule has 27 heavy (non-hydrogen) atoms. The van der Waals surface area contributed by atoms with Crippen molar-refractivity contribution in [2.45, 2.75) is 32.2 Å². The van der Waals surface area contributed by atoms with Crippen molar-refractivity contribution in [3.8, 4) is 0 Å². The van der Waals surface area contributed by atoms with Crippen LogP contribution in [0.5, 0.6) is 0 Å². The Balaban J connectivity index is 1.73. The summed E-state index contributed by atoms with van der Waals surface area (Å²) >= 11 is 0. The van der Waals surface area contributed by atoms with Crippen molar-refractivity contribution in [2.24, 2.45) is 0 Å². The van der Waals surface area contributed by atoms with Gasteiger partial charge in [0.2, 0.25) is 0 Å². The van der Waals surface area contributed by atoms with Gasteiger partial charge in [0.05, 0.1) is 0 Å². The van der Waals surface area contributed by atoms with Crippen LogP contribution in [0.2, 0.25) is 0 Å². The molecule has 2 aromatic rings. The van der Waals surface area contributed by atoms with E-state index in [1.807, 2.05) is 19.2 Å². The molecule has 0 aromatic carbocycles. The number of nitrogens with one attached hydrogen (secondary N) is 1. The Morgan fingerprint density at radius 3 is 2.96 bits per heavy atom. The van der Waals surface area contributed by atoms with E-state index in [1.165, 1.54) is 0 Å². The van der Waals surface area contributed by atoms with E-state index in [1.54, 1.807) is 12.3 Å². The SMILES string of the molecule is CCNC(=O)c1ccnc(N2CCCC(c3nccn3CCN(C)C)C2)c1. The lowest BCUT2D eigenvalue weighted by Gasteiger charge is -2.33. The Morgan fingerprint density at radius 1 is 1.33 bits per heavy atom. The average Bonchev–Trinajstić information content (AvgIpc) is 3.15. The summed E-state index contributed by atoms with van der Waals surface area (Å²) in [5.74, 6) is 2.36. The molecule has 146 valence electrons. The summed E-state index contributed by atoms with van der Waals surface area (Å²) in [6.45, 7) is 6.33. The zero-order valence-corrected chi connectivity index (χ0v) is 16.6. The minimum Gasteiger partial charge on any atom is -0.356 e. The van der Waals surface area contributed by atoms with Gasteiger partial charge in [0, 0.05) is 62.8 Å². The van der Waals surface area contributed by atoms with Crippen LogP contribution in [0.4, 0.5) is 5.82 Å². The second-order valence-electron chi connectivity index (χ2n) is 7.33. The highest BCUT2D eigenvalue weighted by atomic mass is 16.1. The zero-order valence-electron chi connectivity index (χ0n) is 16.6. The Bertz CT molecular complexity index is 756. The van der Waals surface area contributed by atoms with Gasteiger partial charge < -0.3 is 19.7 Å². The average molecular weight is 371 g/mol. The van der Waals surface area contributed by atoms with Crippen molar-refractivity contribution in [1.29, 1.82) is 0 Å². The molecule has 1 saturated heterocycles. The number of anilines is 1. The van der Waals surface area contributed by atoms with Crippen LogP contribution >= 0.6 is 0 Å². The number of imidazole rings is 1. The van der Waals surface area contributed by atoms with Gasteiger partial charge in [0.25, 0.3) is 5.91 Å². The van der Waals surface area contributed by atoms with Gasteiger partial charge in [-0.1, -0.05) is 0 Å². The van der Waals surface area contributed by atoms with E-state index in [4.69, 9.17) is 0 Å². The van der Waals surface area contributed by atoms with Crippen molar-refractivity contribution in [3.63, 3.8) is 0 Å². The highest BCUT2D eigenvalue weighted by Gasteiger charge is 2.25. The van der Waals surface area contributed by atoms with Crippen molar-refractivity contribution in [3.05, 3.63) is 42.1 Å². The predicted molar refractivity (Wildman–Crippen MR) is 107 cm³/mol. The lowest BCUT2D eigenvalue weighted by molar-refractivity contribution is 0.0955. The smallest absolute Gasteiger partial charge is 0.251 e. The van der Waals surface area contributed by atoms with Crippen LogP contribution in [0, 0.1) is 0 Å². The predicted octanol–water partition coefficient (Wildman–Crippen LogP) is 1.97. The highest BCUT2D eigenvalue weighted by Crippen LogP contribution is 2.28. The fourth-order valence-electron chi connectivity index (χ4n) is 3.57. The normalized spacial score (nSPS) is 17.3. The van der Waals surface area contributed by atoms with Gasteiger partial charge in [-0.05, 0) is 46.0 Å². The summed E-state index contributed by atoms with van der Waals surface area (Å²) < 4.78 is 2.27. The van der Waals surface area contributed by atoms with Gasteiger partial charge in [-0.25, -0.2) is 9.97 Å². The number of hydrogen-bond acceptors (Lipinski definition) is 5. The minimum absolute atomic E-state index is 0.0473. The summed E-state index contributed by atoms with van der Waals surface area (Å²) in [6.07, 6.45) is 7.93. The molecule has 1 amide bonds. The van der Waals surface area contributed by atoms with Crippen LogP contribution in [-0.4, -0.2) is 65.6 Å². The number of carbonyl (C=O) groups is 1. The molecule has 3 heterocycles. The van der Waals surface area contributed by atoms with Crippen LogP contribution < -0.4 is 10.2 Å². The number of likely N-dealkylation sites (N-methyl/N-ethyl adjacent to an activating group) is 1. The molecule has 1 unspecified atom stereocenters. The molecular formula is C20H30N6O. The van der Waals surface area contributed by atoms with E-state index in [0.29, 0.717) is 18.0 Å². The summed E-state index contributed by atoms with van der Waals surface area (Å²) in [4.78, 5) is 25.8. The molecule has 7 heteroatoms. The monoisotopic (exact) mass is 370 g/mol. The van der Waals surface area contributed by atoms with Gasteiger partial charge in [-0.3, -0.25) is 4.79 Å². The molecule has 1 atom stereocenters. The maximum Gasteiger partial charge on any atom is 0.251 e. The van der Waals surface area contributed by atoms with Gasteiger partial charge in [0.15, 0.2) is 0 Å². The molecule has 0 aliphatic carbocycles. The maximum absolute atomic E-state index is 12.1. The number of amides is 1. The Morgan fingerprint density at radius 2 is 2.19 bits per heavy atom. The third kappa shape index (κ3) is 4.86. The quantitative estimate of drug-likeness (QED) is 0.807. The molecule has 0 saturated carbocycles. The molecular weight excluding hydrogens is 340 g/mol. The van der Waals surface area contributed by atoms with Gasteiger partial charge in [-0.2, -0.15) is 0 Å². The van der Waals surface area contributed by atoms with Crippen LogP contribution in [0.25, 0.3) is 0 Å². The van der Waals surface area contributed by atoms with E-state index in [-0.39, 0.29) is 5.91 Å². The van der Waals surface area contributed by atoms with Gasteiger partial charge >= 0.3 is 0 Å². The molecule has 2 aromatic heterocycles. The first-order chi connectivity index (χ1) is 13.1. The first-order valence-corrected chi connectivity index (χ1v) is 9.73. The van der Waals surface area contributed by atoms with Crippen LogP contribution in [0.15, 0.2) is 30.7 Å². The fourth-order valence-corrected chi connectivity index (χ4v) is 3.57. The number of pyridine rings is 1. The van der Waals surface area contributed by atoms with Crippen LogP contribution in [-0.2, 0) is 6.54 Å². The number of carbonyl (C=O) groups excluding carboxylic acids is 1. The van der Waals surface area contributed by atoms with E-state index in [0.717, 1.165) is 50.7 Å². The Labute approximate surface area is 161 Å². The molecule has 3 rings (SSSR count). The first-order valence-electron chi connectivity index (χ1n) is 9.73. The lowest BCUT2D eigenvalue weighted by atomic mass is 9.97. The third-order valence-corrected chi connectivity index (χ3v) is 4.99. The summed E-state index contributed by atoms with van der Waals surface area (Å²) in [5.41, 5.74) is 0.663.